The molecule has 96 valence electrons. The summed E-state index contributed by atoms with van der Waals surface area (Å²) >= 11 is 0. The summed E-state index contributed by atoms with van der Waals surface area (Å²) in [4.78, 5) is 23.2. The molecule has 0 aromatic heterocycles. The van der Waals surface area contributed by atoms with Crippen molar-refractivity contribution in [2.45, 2.75) is 6.92 Å². The Labute approximate surface area is 110 Å². The molecule has 0 radical (unpaired) electrons. The van der Waals surface area contributed by atoms with Crippen molar-refractivity contribution in [1.82, 2.24) is 0 Å². The van der Waals surface area contributed by atoms with Crippen molar-refractivity contribution in [3.63, 3.8) is 0 Å². The number of rotatable bonds is 3. The number of aryl methyl sites for hydroxylation is 1. The number of carbonyl (C=O) groups excluding carboxylic acids is 1. The van der Waals surface area contributed by atoms with Gasteiger partial charge in [-0.05, 0) is 30.7 Å². The fraction of sp³-hybridized carbons (Fsp3) is 0.0667. The third-order valence-corrected chi connectivity index (χ3v) is 2.78. The van der Waals surface area contributed by atoms with E-state index in [4.69, 9.17) is 5.11 Å². The highest BCUT2D eigenvalue weighted by atomic mass is 16.4. The van der Waals surface area contributed by atoms with Gasteiger partial charge in [0.1, 0.15) is 0 Å². The van der Waals surface area contributed by atoms with Crippen molar-refractivity contribution in [2.24, 2.45) is 0 Å². The zero-order valence-corrected chi connectivity index (χ0v) is 10.4. The first kappa shape index (κ1) is 12.8. The Balaban J connectivity index is 2.34. The number of carboxylic acids is 1. The maximum Gasteiger partial charge on any atom is 0.337 e. The van der Waals surface area contributed by atoms with E-state index in [0.717, 1.165) is 0 Å². The number of hydrogen-bond acceptors (Lipinski definition) is 2. The topological polar surface area (TPSA) is 66.4 Å². The van der Waals surface area contributed by atoms with Crippen LogP contribution < -0.4 is 5.32 Å². The van der Waals surface area contributed by atoms with Crippen LogP contribution in [0, 0.1) is 6.92 Å². The first-order valence-corrected chi connectivity index (χ1v) is 5.79. The molecule has 0 aliphatic rings. The molecule has 2 rings (SSSR count). The Morgan fingerprint density at radius 2 is 1.68 bits per heavy atom. The van der Waals surface area contributed by atoms with Crippen LogP contribution in [0.4, 0.5) is 5.69 Å². The SMILES string of the molecule is Cc1cccc(C(=O)O)c1NC(=O)c1ccccc1. The Hall–Kier alpha value is -2.62. The Bertz CT molecular complexity index is 621. The van der Waals surface area contributed by atoms with Crippen LogP contribution in [0.1, 0.15) is 26.3 Å². The highest BCUT2D eigenvalue weighted by Gasteiger charge is 2.15. The largest absolute Gasteiger partial charge is 0.478 e. The van der Waals surface area contributed by atoms with Gasteiger partial charge in [-0.1, -0.05) is 30.3 Å². The van der Waals surface area contributed by atoms with Gasteiger partial charge >= 0.3 is 5.97 Å². The summed E-state index contributed by atoms with van der Waals surface area (Å²) in [5, 5.41) is 11.8. The van der Waals surface area contributed by atoms with Crippen molar-refractivity contribution in [3.8, 4) is 0 Å². The van der Waals surface area contributed by atoms with Gasteiger partial charge in [0.15, 0.2) is 0 Å². The summed E-state index contributed by atoms with van der Waals surface area (Å²) in [5.74, 6) is -1.38. The molecule has 0 bridgehead atoms. The van der Waals surface area contributed by atoms with E-state index >= 15 is 0 Å². The number of anilines is 1. The van der Waals surface area contributed by atoms with E-state index < -0.39 is 5.97 Å². The second-order valence-electron chi connectivity index (χ2n) is 4.12. The maximum absolute atomic E-state index is 12.0. The lowest BCUT2D eigenvalue weighted by molar-refractivity contribution is 0.0698. The van der Waals surface area contributed by atoms with Gasteiger partial charge in [-0.3, -0.25) is 4.79 Å². The summed E-state index contributed by atoms with van der Waals surface area (Å²) in [6.45, 7) is 1.76. The summed E-state index contributed by atoms with van der Waals surface area (Å²) in [5.41, 5.74) is 1.62. The fourth-order valence-electron chi connectivity index (χ4n) is 1.79. The Kier molecular flexibility index (Phi) is 3.61. The smallest absolute Gasteiger partial charge is 0.337 e. The number of aromatic carboxylic acids is 1. The monoisotopic (exact) mass is 255 g/mol. The molecule has 19 heavy (non-hydrogen) atoms. The van der Waals surface area contributed by atoms with Crippen LogP contribution in [0.2, 0.25) is 0 Å². The number of nitrogens with one attached hydrogen (secondary N) is 1. The molecule has 0 saturated heterocycles. The average molecular weight is 255 g/mol. The van der Waals surface area contributed by atoms with E-state index in [1.54, 1.807) is 43.3 Å². The summed E-state index contributed by atoms with van der Waals surface area (Å²) in [7, 11) is 0. The van der Waals surface area contributed by atoms with Crippen molar-refractivity contribution in [3.05, 3.63) is 65.2 Å². The molecule has 0 saturated carbocycles. The predicted octanol–water partition coefficient (Wildman–Crippen LogP) is 2.95. The summed E-state index contributed by atoms with van der Waals surface area (Å²) in [6, 6.07) is 13.5. The average Bonchev–Trinajstić information content (AvgIpc) is 2.41. The molecule has 0 heterocycles. The molecule has 0 aliphatic heterocycles. The zero-order chi connectivity index (χ0) is 13.8. The van der Waals surface area contributed by atoms with Crippen LogP contribution in [0.25, 0.3) is 0 Å². The van der Waals surface area contributed by atoms with E-state index in [0.29, 0.717) is 16.8 Å². The van der Waals surface area contributed by atoms with Crippen LogP contribution in [-0.2, 0) is 0 Å². The molecule has 2 aromatic rings. The molecule has 4 heteroatoms. The van der Waals surface area contributed by atoms with Crippen molar-refractivity contribution < 1.29 is 14.7 Å². The van der Waals surface area contributed by atoms with Crippen LogP contribution >= 0.6 is 0 Å². The van der Waals surface area contributed by atoms with Crippen LogP contribution in [0.3, 0.4) is 0 Å². The lowest BCUT2D eigenvalue weighted by Crippen LogP contribution is -2.15. The summed E-state index contributed by atoms with van der Waals surface area (Å²) in [6.07, 6.45) is 0. The van der Waals surface area contributed by atoms with Gasteiger partial charge in [-0.25, -0.2) is 4.79 Å². The number of carbonyl (C=O) groups is 2. The molecule has 0 fully saturated rings. The lowest BCUT2D eigenvalue weighted by atomic mass is 10.1. The van der Waals surface area contributed by atoms with Crippen LogP contribution in [0.5, 0.6) is 0 Å². The minimum absolute atomic E-state index is 0.0873. The molecule has 1 amide bonds. The fourth-order valence-corrected chi connectivity index (χ4v) is 1.79. The first-order valence-electron chi connectivity index (χ1n) is 5.79. The molecule has 0 unspecified atom stereocenters. The van der Waals surface area contributed by atoms with E-state index in [-0.39, 0.29) is 11.5 Å². The summed E-state index contributed by atoms with van der Waals surface area (Å²) < 4.78 is 0. The Morgan fingerprint density at radius 1 is 1.00 bits per heavy atom. The zero-order valence-electron chi connectivity index (χ0n) is 10.4. The molecule has 2 N–H and O–H groups in total. The van der Waals surface area contributed by atoms with Crippen LogP contribution in [-0.4, -0.2) is 17.0 Å². The van der Waals surface area contributed by atoms with E-state index in [2.05, 4.69) is 5.32 Å². The molecule has 0 aliphatic carbocycles. The third kappa shape index (κ3) is 2.80. The van der Waals surface area contributed by atoms with Gasteiger partial charge in [0, 0.05) is 5.56 Å². The molecular weight excluding hydrogens is 242 g/mol. The van der Waals surface area contributed by atoms with Crippen molar-refractivity contribution >= 4 is 17.6 Å². The molecule has 0 atom stereocenters. The quantitative estimate of drug-likeness (QED) is 0.886. The maximum atomic E-state index is 12.0. The molecule has 2 aromatic carbocycles. The minimum Gasteiger partial charge on any atom is -0.478 e. The molecule has 4 nitrogen and oxygen atoms in total. The van der Waals surface area contributed by atoms with Gasteiger partial charge in [-0.2, -0.15) is 0 Å². The second kappa shape index (κ2) is 5.35. The molecular formula is C15H13NO3. The number of amides is 1. The first-order chi connectivity index (χ1) is 9.09. The van der Waals surface area contributed by atoms with Gasteiger partial charge in [0.2, 0.25) is 0 Å². The van der Waals surface area contributed by atoms with Gasteiger partial charge < -0.3 is 10.4 Å². The molecule has 0 spiro atoms. The van der Waals surface area contributed by atoms with E-state index in [9.17, 15) is 9.59 Å². The van der Waals surface area contributed by atoms with Crippen LogP contribution in [0.15, 0.2) is 48.5 Å². The normalized spacial score (nSPS) is 9.95. The van der Waals surface area contributed by atoms with Crippen molar-refractivity contribution in [2.75, 3.05) is 5.32 Å². The number of para-hydroxylation sites is 1. The second-order valence-corrected chi connectivity index (χ2v) is 4.12. The number of carboxylic acid groups (broad SMARTS) is 1. The highest BCUT2D eigenvalue weighted by Crippen LogP contribution is 2.21. The van der Waals surface area contributed by atoms with Gasteiger partial charge in [-0.15, -0.1) is 0 Å². The van der Waals surface area contributed by atoms with E-state index in [1.165, 1.54) is 6.07 Å². The third-order valence-electron chi connectivity index (χ3n) is 2.78. The van der Waals surface area contributed by atoms with Gasteiger partial charge in [0.25, 0.3) is 5.91 Å². The van der Waals surface area contributed by atoms with Crippen molar-refractivity contribution in [1.29, 1.82) is 0 Å². The lowest BCUT2D eigenvalue weighted by Gasteiger charge is -2.11. The number of hydrogen-bond donors (Lipinski definition) is 2. The van der Waals surface area contributed by atoms with E-state index in [1.807, 2.05) is 6.07 Å². The number of benzene rings is 2. The van der Waals surface area contributed by atoms with Gasteiger partial charge in [0.05, 0.1) is 11.3 Å². The minimum atomic E-state index is -1.06. The standard InChI is InChI=1S/C15H13NO3/c1-10-6-5-9-12(15(18)19)13(10)16-14(17)11-7-3-2-4-8-11/h2-9H,1H3,(H,16,17)(H,18,19). The predicted molar refractivity (Wildman–Crippen MR) is 72.5 cm³/mol. The highest BCUT2D eigenvalue weighted by molar-refractivity contribution is 6.08. The Morgan fingerprint density at radius 3 is 2.32 bits per heavy atom.